The van der Waals surface area contributed by atoms with Crippen molar-refractivity contribution in [3.8, 4) is 0 Å². The molecule has 0 aromatic rings. The molecular formula is C4H6ClN3. The zero-order valence-corrected chi connectivity index (χ0v) is 4.89. The Labute approximate surface area is 52.2 Å². The van der Waals surface area contributed by atoms with E-state index in [0.717, 1.165) is 0 Å². The van der Waals surface area contributed by atoms with Gasteiger partial charge in [0.25, 0.3) is 0 Å². The molecule has 0 aromatic carbocycles. The number of halogens is 1. The Morgan fingerprint density at radius 3 is 3.00 bits per heavy atom. The molecule has 0 fully saturated rings. The molecule has 0 saturated heterocycles. The summed E-state index contributed by atoms with van der Waals surface area (Å²) in [7, 11) is 0. The first-order valence-corrected chi connectivity index (χ1v) is 2.63. The van der Waals surface area contributed by atoms with Crippen LogP contribution in [0.1, 0.15) is 0 Å². The van der Waals surface area contributed by atoms with Gasteiger partial charge in [-0.05, 0) is 6.08 Å². The molecule has 0 radical (unpaired) electrons. The Kier molecular flexibility index (Phi) is 1.39. The summed E-state index contributed by atoms with van der Waals surface area (Å²) in [6.45, 7) is 0. The van der Waals surface area contributed by atoms with Gasteiger partial charge in [-0.15, -0.1) is 0 Å². The van der Waals surface area contributed by atoms with Gasteiger partial charge in [-0.25, -0.2) is 4.99 Å². The summed E-state index contributed by atoms with van der Waals surface area (Å²) in [4.78, 5) is 3.70. The normalized spacial score (nSPS) is 26.6. The first-order valence-electron chi connectivity index (χ1n) is 2.19. The van der Waals surface area contributed by atoms with Crippen LogP contribution in [0.3, 0.4) is 0 Å². The van der Waals surface area contributed by atoms with Crippen molar-refractivity contribution >= 4 is 17.6 Å². The van der Waals surface area contributed by atoms with Crippen LogP contribution in [0, 0.1) is 0 Å². The lowest BCUT2D eigenvalue weighted by Gasteiger charge is -2.09. The summed E-state index contributed by atoms with van der Waals surface area (Å²) in [6, 6.07) is 0. The van der Waals surface area contributed by atoms with Crippen LogP contribution in [0.5, 0.6) is 0 Å². The molecule has 1 unspecified atom stereocenters. The number of nitrogens with zero attached hydrogens (tertiary/aromatic N) is 1. The number of hydrogen-bond acceptors (Lipinski definition) is 3. The third-order valence-corrected chi connectivity index (χ3v) is 1.01. The van der Waals surface area contributed by atoms with Crippen molar-refractivity contribution in [2.75, 3.05) is 0 Å². The molecule has 1 heterocycles. The van der Waals surface area contributed by atoms with E-state index in [9.17, 15) is 0 Å². The van der Waals surface area contributed by atoms with Gasteiger partial charge in [0.2, 0.25) is 0 Å². The maximum absolute atomic E-state index is 5.55. The molecule has 3 nitrogen and oxygen atoms in total. The van der Waals surface area contributed by atoms with Crippen molar-refractivity contribution in [1.82, 2.24) is 5.32 Å². The molecule has 0 aromatic heterocycles. The predicted octanol–water partition coefficient (Wildman–Crippen LogP) is -0.0171. The van der Waals surface area contributed by atoms with E-state index in [1.54, 1.807) is 12.3 Å². The molecule has 0 amide bonds. The molecule has 0 aliphatic carbocycles. The fraction of sp³-hybridized carbons (Fsp3) is 0.250. The lowest BCUT2D eigenvalue weighted by Crippen LogP contribution is -2.37. The van der Waals surface area contributed by atoms with Crippen LogP contribution in [0.15, 0.2) is 17.3 Å². The molecule has 4 heteroatoms. The van der Waals surface area contributed by atoms with E-state index in [1.165, 1.54) is 0 Å². The SMILES string of the molecule is NC1=NC=CC(Cl)N1. The first-order chi connectivity index (χ1) is 3.79. The second kappa shape index (κ2) is 2.05. The molecule has 0 spiro atoms. The highest BCUT2D eigenvalue weighted by atomic mass is 35.5. The summed E-state index contributed by atoms with van der Waals surface area (Å²) < 4.78 is 0. The lowest BCUT2D eigenvalue weighted by atomic mass is 10.5. The lowest BCUT2D eigenvalue weighted by molar-refractivity contribution is 0.927. The number of guanidine groups is 1. The van der Waals surface area contributed by atoms with Crippen molar-refractivity contribution in [3.63, 3.8) is 0 Å². The van der Waals surface area contributed by atoms with Gasteiger partial charge in [0.1, 0.15) is 5.50 Å². The van der Waals surface area contributed by atoms with Gasteiger partial charge in [0.05, 0.1) is 0 Å². The Bertz CT molecular complexity index is 140. The third kappa shape index (κ3) is 1.13. The molecule has 1 atom stereocenters. The minimum Gasteiger partial charge on any atom is -0.370 e. The summed E-state index contributed by atoms with van der Waals surface area (Å²) in [5.41, 5.74) is 5.03. The van der Waals surface area contributed by atoms with E-state index < -0.39 is 0 Å². The average molecular weight is 132 g/mol. The predicted molar refractivity (Wildman–Crippen MR) is 33.5 cm³/mol. The maximum atomic E-state index is 5.55. The van der Waals surface area contributed by atoms with E-state index in [1.807, 2.05) is 0 Å². The van der Waals surface area contributed by atoms with Crippen LogP contribution in [0.4, 0.5) is 0 Å². The molecule has 44 valence electrons. The molecule has 1 aliphatic heterocycles. The zero-order valence-electron chi connectivity index (χ0n) is 4.13. The van der Waals surface area contributed by atoms with Gasteiger partial charge in [-0.1, -0.05) is 11.6 Å². The van der Waals surface area contributed by atoms with E-state index in [2.05, 4.69) is 10.3 Å². The smallest absolute Gasteiger partial charge is 0.194 e. The Balaban J connectivity index is 2.59. The highest BCUT2D eigenvalue weighted by molar-refractivity contribution is 6.22. The van der Waals surface area contributed by atoms with Crippen molar-refractivity contribution in [2.24, 2.45) is 10.7 Å². The highest BCUT2D eigenvalue weighted by Gasteiger charge is 2.01. The fourth-order valence-electron chi connectivity index (χ4n) is 0.426. The van der Waals surface area contributed by atoms with E-state index in [0.29, 0.717) is 5.96 Å². The summed E-state index contributed by atoms with van der Waals surface area (Å²) >= 11 is 5.55. The van der Waals surface area contributed by atoms with Crippen molar-refractivity contribution in [1.29, 1.82) is 0 Å². The van der Waals surface area contributed by atoms with E-state index in [-0.39, 0.29) is 5.50 Å². The molecule has 3 N–H and O–H groups in total. The molecule has 0 bridgehead atoms. The van der Waals surface area contributed by atoms with Crippen LogP contribution < -0.4 is 11.1 Å². The Morgan fingerprint density at radius 1 is 1.88 bits per heavy atom. The van der Waals surface area contributed by atoms with Gasteiger partial charge < -0.3 is 11.1 Å². The number of nitrogens with one attached hydrogen (secondary N) is 1. The van der Waals surface area contributed by atoms with Gasteiger partial charge in [0.15, 0.2) is 5.96 Å². The van der Waals surface area contributed by atoms with E-state index in [4.69, 9.17) is 17.3 Å². The van der Waals surface area contributed by atoms with Crippen molar-refractivity contribution in [3.05, 3.63) is 12.3 Å². The third-order valence-electron chi connectivity index (χ3n) is 0.754. The van der Waals surface area contributed by atoms with Crippen LogP contribution in [0.25, 0.3) is 0 Å². The second-order valence-corrected chi connectivity index (χ2v) is 1.87. The summed E-state index contributed by atoms with van der Waals surface area (Å²) in [5.74, 6) is 0.368. The highest BCUT2D eigenvalue weighted by Crippen LogP contribution is 1.96. The minimum atomic E-state index is -0.201. The Morgan fingerprint density at radius 2 is 2.62 bits per heavy atom. The van der Waals surface area contributed by atoms with Crippen molar-refractivity contribution in [2.45, 2.75) is 5.50 Å². The van der Waals surface area contributed by atoms with Gasteiger partial charge >= 0.3 is 0 Å². The van der Waals surface area contributed by atoms with Crippen LogP contribution in [-0.4, -0.2) is 11.5 Å². The monoisotopic (exact) mass is 131 g/mol. The Hall–Kier alpha value is -0.700. The van der Waals surface area contributed by atoms with Crippen LogP contribution >= 0.6 is 11.6 Å². The largest absolute Gasteiger partial charge is 0.370 e. The number of aliphatic imine (C=N–C) groups is 1. The van der Waals surface area contributed by atoms with Gasteiger partial charge in [-0.2, -0.15) is 0 Å². The van der Waals surface area contributed by atoms with E-state index >= 15 is 0 Å². The van der Waals surface area contributed by atoms with Gasteiger partial charge in [0, 0.05) is 6.20 Å². The molecular weight excluding hydrogens is 126 g/mol. The average Bonchev–Trinajstić information content (AvgIpc) is 1.64. The fourth-order valence-corrected chi connectivity index (χ4v) is 0.602. The molecule has 0 saturated carbocycles. The standard InChI is InChI=1S/C4H6ClN3/c5-3-1-2-7-4(6)8-3/h1-3H,(H3,6,7,8). The first kappa shape index (κ1) is 5.44. The number of alkyl halides is 1. The number of nitrogens with two attached hydrogens (primary N) is 1. The van der Waals surface area contributed by atoms with Gasteiger partial charge in [-0.3, -0.25) is 0 Å². The molecule has 1 aliphatic rings. The second-order valence-electron chi connectivity index (χ2n) is 1.40. The zero-order chi connectivity index (χ0) is 5.98. The molecule has 1 rings (SSSR count). The topological polar surface area (TPSA) is 50.4 Å². The molecule has 8 heavy (non-hydrogen) atoms. The summed E-state index contributed by atoms with van der Waals surface area (Å²) in [6.07, 6.45) is 3.28. The van der Waals surface area contributed by atoms with Crippen LogP contribution in [0.2, 0.25) is 0 Å². The maximum Gasteiger partial charge on any atom is 0.194 e. The van der Waals surface area contributed by atoms with Crippen molar-refractivity contribution < 1.29 is 0 Å². The minimum absolute atomic E-state index is 0.201. The number of hydrogen-bond donors (Lipinski definition) is 2. The van der Waals surface area contributed by atoms with Crippen LogP contribution in [-0.2, 0) is 0 Å². The summed E-state index contributed by atoms with van der Waals surface area (Å²) in [5, 5.41) is 2.69. The number of rotatable bonds is 0. The quantitative estimate of drug-likeness (QED) is 0.359.